The van der Waals surface area contributed by atoms with E-state index in [4.69, 9.17) is 0 Å². The molecule has 0 bridgehead atoms. The molecule has 1 fully saturated rings. The fraction of sp³-hybridized carbons (Fsp3) is 0.667. The van der Waals surface area contributed by atoms with E-state index in [2.05, 4.69) is 16.4 Å². The summed E-state index contributed by atoms with van der Waals surface area (Å²) in [6.45, 7) is 4.98. The van der Waals surface area contributed by atoms with Gasteiger partial charge in [0.15, 0.2) is 0 Å². The Morgan fingerprint density at radius 1 is 1.12 bits per heavy atom. The van der Waals surface area contributed by atoms with Crippen LogP contribution in [0.2, 0.25) is 0 Å². The van der Waals surface area contributed by atoms with Gasteiger partial charge in [-0.1, -0.05) is 0 Å². The van der Waals surface area contributed by atoms with Crippen LogP contribution in [0.4, 0.5) is 17.3 Å². The largest absolute Gasteiger partial charge is 0.673 e. The Morgan fingerprint density at radius 2 is 1.65 bits per heavy atom. The molecule has 1 aromatic heterocycles. The van der Waals surface area contributed by atoms with E-state index in [0.717, 1.165) is 29.0 Å². The first kappa shape index (κ1) is 15.3. The summed E-state index contributed by atoms with van der Waals surface area (Å²) in [5.41, 5.74) is 0. The first-order valence-corrected chi connectivity index (χ1v) is 8.92. The van der Waals surface area contributed by atoms with Crippen molar-refractivity contribution in [3.63, 3.8) is 0 Å². The fourth-order valence-electron chi connectivity index (χ4n) is 1.53. The van der Waals surface area contributed by atoms with Gasteiger partial charge in [0.25, 0.3) is 0 Å². The molecular formula is C9H14BF4NSe2. The Labute approximate surface area is 110 Å². The zero-order chi connectivity index (χ0) is 12.9. The van der Waals surface area contributed by atoms with Crippen molar-refractivity contribution < 1.29 is 17.3 Å². The zero-order valence-corrected chi connectivity index (χ0v) is 12.9. The third-order valence-corrected chi connectivity index (χ3v) is 8.69. The molecule has 0 N–H and O–H groups in total. The second kappa shape index (κ2) is 6.98. The minimum atomic E-state index is -6.00. The third-order valence-electron chi connectivity index (χ3n) is 2.19. The van der Waals surface area contributed by atoms with Crippen LogP contribution in [0.3, 0.4) is 0 Å². The molecule has 17 heavy (non-hydrogen) atoms. The quantitative estimate of drug-likeness (QED) is 0.363. The molecule has 2 heterocycles. The number of hydrogen-bond acceptors (Lipinski definition) is 0. The molecule has 0 aliphatic carbocycles. The van der Waals surface area contributed by atoms with Gasteiger partial charge in [-0.05, 0) is 0 Å². The molecule has 0 amide bonds. The van der Waals surface area contributed by atoms with E-state index in [-0.39, 0.29) is 0 Å². The Hall–Kier alpha value is 0.234. The van der Waals surface area contributed by atoms with E-state index in [1.807, 2.05) is 0 Å². The summed E-state index contributed by atoms with van der Waals surface area (Å²) in [6, 6.07) is 0. The van der Waals surface area contributed by atoms with Gasteiger partial charge in [0.1, 0.15) is 0 Å². The van der Waals surface area contributed by atoms with Gasteiger partial charge in [-0.15, -0.1) is 0 Å². The van der Waals surface area contributed by atoms with Gasteiger partial charge >= 0.3 is 92.6 Å². The molecule has 0 radical (unpaired) electrons. The van der Waals surface area contributed by atoms with Crippen molar-refractivity contribution in [2.45, 2.75) is 26.2 Å². The second-order valence-electron chi connectivity index (χ2n) is 3.76. The molecule has 0 unspecified atom stereocenters. The molecule has 1 saturated heterocycles. The van der Waals surface area contributed by atoms with Crippen LogP contribution >= 0.6 is 0 Å². The van der Waals surface area contributed by atoms with Gasteiger partial charge in [0, 0.05) is 0 Å². The monoisotopic (exact) mass is 383 g/mol. The predicted octanol–water partition coefficient (Wildman–Crippen LogP) is 1.37. The summed E-state index contributed by atoms with van der Waals surface area (Å²) >= 11 is 1.46. The van der Waals surface area contributed by atoms with Crippen molar-refractivity contribution in [3.8, 4) is 0 Å². The summed E-state index contributed by atoms with van der Waals surface area (Å²) in [5, 5.41) is 0. The maximum atomic E-state index is 9.75. The smallest absolute Gasteiger partial charge is 0.418 e. The molecule has 2 rings (SSSR count). The van der Waals surface area contributed by atoms with Crippen molar-refractivity contribution in [3.05, 3.63) is 12.5 Å². The first-order valence-electron chi connectivity index (χ1n) is 5.37. The van der Waals surface area contributed by atoms with E-state index in [9.17, 15) is 17.3 Å². The molecule has 1 aliphatic rings. The Kier molecular flexibility index (Phi) is 6.28. The number of nitrogens with zero attached hydrogens (tertiary/aromatic N) is 1. The number of hydrogen-bond donors (Lipinski definition) is 0. The van der Waals surface area contributed by atoms with Crippen LogP contribution in [0.25, 0.3) is 0 Å². The maximum absolute atomic E-state index is 9.75. The summed E-state index contributed by atoms with van der Waals surface area (Å²) in [4.78, 5) is 2.47. The first-order chi connectivity index (χ1) is 7.86. The minimum absolute atomic E-state index is 0.724. The summed E-state index contributed by atoms with van der Waals surface area (Å²) in [5.74, 6) is 0. The van der Waals surface area contributed by atoms with Crippen LogP contribution in [0.15, 0.2) is 4.94 Å². The Balaban J connectivity index is 0.000000249. The Morgan fingerprint density at radius 3 is 2.06 bits per heavy atom. The zero-order valence-electron chi connectivity index (χ0n) is 9.47. The van der Waals surface area contributed by atoms with Crippen molar-refractivity contribution >= 4 is 36.3 Å². The number of piperidine rings is 1. The number of halogens is 4. The van der Waals surface area contributed by atoms with Gasteiger partial charge in [0.05, 0.1) is 0 Å². The summed E-state index contributed by atoms with van der Waals surface area (Å²) < 4.78 is 45.1. The summed E-state index contributed by atoms with van der Waals surface area (Å²) in [7, 11) is -6.00. The fourth-order valence-corrected chi connectivity index (χ4v) is 7.76. The molecule has 0 aromatic carbocycles. The van der Waals surface area contributed by atoms with Crippen molar-refractivity contribution in [1.82, 2.24) is 4.58 Å². The van der Waals surface area contributed by atoms with Gasteiger partial charge in [0.2, 0.25) is 0 Å². The minimum Gasteiger partial charge on any atom is -0.418 e. The van der Waals surface area contributed by atoms with E-state index in [0.29, 0.717) is 0 Å². The standard InChI is InChI=1S/C9H14NSe2.BF4/c1-8-7-11-9(12-8)10-5-3-2-4-6-10;2-1(3,4)5/h7H,2-6H2,1H3;/q+1;-1. The van der Waals surface area contributed by atoms with Crippen LogP contribution in [0.1, 0.15) is 23.7 Å². The number of rotatable bonds is 0. The molecule has 0 saturated carbocycles. The normalized spacial score (nSPS) is 16.4. The van der Waals surface area contributed by atoms with Crippen LogP contribution in [-0.2, 0) is 0 Å². The van der Waals surface area contributed by atoms with Crippen LogP contribution in [0, 0.1) is 6.92 Å². The number of aryl methyl sites for hydroxylation is 1. The van der Waals surface area contributed by atoms with E-state index < -0.39 is 7.25 Å². The van der Waals surface area contributed by atoms with Crippen molar-refractivity contribution in [2.75, 3.05) is 13.1 Å². The molecule has 1 aliphatic heterocycles. The van der Waals surface area contributed by atoms with Crippen LogP contribution in [-0.4, -0.2) is 49.4 Å². The molecule has 98 valence electrons. The second-order valence-corrected chi connectivity index (χ2v) is 9.46. The molecule has 8 heteroatoms. The van der Waals surface area contributed by atoms with Crippen molar-refractivity contribution in [1.29, 1.82) is 0 Å². The van der Waals surface area contributed by atoms with E-state index >= 15 is 0 Å². The SMILES string of the molecule is Cc1c[se]c(=[N+]2CCCCC2)[se]1.F[B-](F)(F)F. The molecule has 0 spiro atoms. The molecule has 0 atom stereocenters. The average Bonchev–Trinajstić information content (AvgIpc) is 2.64. The van der Waals surface area contributed by atoms with Crippen LogP contribution < -0.4 is 7.68 Å². The average molecular weight is 381 g/mol. The third kappa shape index (κ3) is 7.29. The molecule has 1 nitrogen and oxygen atoms in total. The molecule has 1 aromatic rings. The molecular weight excluding hydrogens is 367 g/mol. The maximum Gasteiger partial charge on any atom is 0.673 e. The van der Waals surface area contributed by atoms with Gasteiger partial charge < -0.3 is 17.3 Å². The predicted molar refractivity (Wildman–Crippen MR) is 64.1 cm³/mol. The summed E-state index contributed by atoms with van der Waals surface area (Å²) in [6.07, 6.45) is 4.31. The van der Waals surface area contributed by atoms with Gasteiger partial charge in [-0.25, -0.2) is 0 Å². The Bertz CT molecular complexity index is 396. The van der Waals surface area contributed by atoms with Gasteiger partial charge in [-0.3, -0.25) is 0 Å². The van der Waals surface area contributed by atoms with E-state index in [1.54, 1.807) is 7.54 Å². The topological polar surface area (TPSA) is 3.01 Å². The van der Waals surface area contributed by atoms with E-state index in [1.165, 1.54) is 32.4 Å². The van der Waals surface area contributed by atoms with Crippen LogP contribution in [0.5, 0.6) is 0 Å². The van der Waals surface area contributed by atoms with Gasteiger partial charge in [-0.2, -0.15) is 0 Å². The van der Waals surface area contributed by atoms with Crippen molar-refractivity contribution in [2.24, 2.45) is 0 Å².